The number of hydrogen-bond acceptors (Lipinski definition) is 0. The zero-order chi connectivity index (χ0) is 13.7. The maximum absolute atomic E-state index is 2.35. The Morgan fingerprint density at radius 2 is 1.79 bits per heavy atom. The molecule has 0 fully saturated rings. The highest BCUT2D eigenvalue weighted by atomic mass is 14.2. The maximum atomic E-state index is 2.35. The molecule has 0 nitrogen and oxygen atoms in total. The monoisotopic (exact) mass is 254 g/mol. The molecule has 0 bridgehead atoms. The van der Waals surface area contributed by atoms with Crippen LogP contribution in [0.3, 0.4) is 0 Å². The number of aryl methyl sites for hydroxylation is 1. The lowest BCUT2D eigenvalue weighted by atomic mass is 9.88. The largest absolute Gasteiger partial charge is 0.0730 e. The van der Waals surface area contributed by atoms with E-state index in [0.29, 0.717) is 5.92 Å². The van der Waals surface area contributed by atoms with E-state index in [-0.39, 0.29) is 0 Å². The fraction of sp³-hybridized carbons (Fsp3) is 0.474. The Morgan fingerprint density at radius 1 is 1.05 bits per heavy atom. The van der Waals surface area contributed by atoms with Crippen LogP contribution in [0.4, 0.5) is 0 Å². The summed E-state index contributed by atoms with van der Waals surface area (Å²) in [6.45, 7) is 6.81. The molecule has 1 atom stereocenters. The van der Waals surface area contributed by atoms with Crippen molar-refractivity contribution in [1.29, 1.82) is 0 Å². The van der Waals surface area contributed by atoms with E-state index in [1.165, 1.54) is 48.8 Å². The second-order valence-corrected chi connectivity index (χ2v) is 5.93. The molecule has 0 aliphatic heterocycles. The number of allylic oxidation sites excluding steroid dienone is 4. The van der Waals surface area contributed by atoms with E-state index >= 15 is 0 Å². The van der Waals surface area contributed by atoms with Crippen LogP contribution in [-0.4, -0.2) is 0 Å². The molecule has 0 spiro atoms. The zero-order valence-electron chi connectivity index (χ0n) is 12.6. The van der Waals surface area contributed by atoms with Crippen LogP contribution < -0.4 is 0 Å². The summed E-state index contributed by atoms with van der Waals surface area (Å²) in [5.74, 6) is 0.633. The summed E-state index contributed by atoms with van der Waals surface area (Å²) in [5.41, 5.74) is 6.07. The van der Waals surface area contributed by atoms with Crippen LogP contribution in [0.5, 0.6) is 0 Å². The van der Waals surface area contributed by atoms with Crippen LogP contribution in [0.1, 0.15) is 63.5 Å². The summed E-state index contributed by atoms with van der Waals surface area (Å²) in [6.07, 6.45) is 10.7. The SMILES string of the molecule is CCCc1ccc(C(C)CC2=CC=C(C)CC2)cc1. The zero-order valence-corrected chi connectivity index (χ0v) is 12.6. The average Bonchev–Trinajstić information content (AvgIpc) is 2.42. The Hall–Kier alpha value is -1.30. The van der Waals surface area contributed by atoms with Crippen molar-refractivity contribution >= 4 is 0 Å². The number of benzene rings is 1. The van der Waals surface area contributed by atoms with Gasteiger partial charge in [0.05, 0.1) is 0 Å². The lowest BCUT2D eigenvalue weighted by molar-refractivity contribution is 0.710. The van der Waals surface area contributed by atoms with Crippen LogP contribution in [0.25, 0.3) is 0 Å². The Labute approximate surface area is 118 Å². The van der Waals surface area contributed by atoms with Gasteiger partial charge in [-0.25, -0.2) is 0 Å². The minimum atomic E-state index is 0.633. The van der Waals surface area contributed by atoms with Gasteiger partial charge in [-0.05, 0) is 49.7 Å². The Morgan fingerprint density at radius 3 is 2.37 bits per heavy atom. The molecule has 2 rings (SSSR count). The van der Waals surface area contributed by atoms with Crippen molar-refractivity contribution in [3.8, 4) is 0 Å². The summed E-state index contributed by atoms with van der Waals surface area (Å²) < 4.78 is 0. The lowest BCUT2D eigenvalue weighted by Gasteiger charge is -2.17. The molecule has 0 amide bonds. The van der Waals surface area contributed by atoms with E-state index in [9.17, 15) is 0 Å². The Bertz CT molecular complexity index is 459. The summed E-state index contributed by atoms with van der Waals surface area (Å²) in [7, 11) is 0. The number of rotatable bonds is 5. The molecule has 0 heterocycles. The lowest BCUT2D eigenvalue weighted by Crippen LogP contribution is -1.99. The minimum Gasteiger partial charge on any atom is -0.0730 e. The third kappa shape index (κ3) is 4.09. The topological polar surface area (TPSA) is 0 Å². The second kappa shape index (κ2) is 6.75. The van der Waals surface area contributed by atoms with Gasteiger partial charge >= 0.3 is 0 Å². The van der Waals surface area contributed by atoms with Crippen molar-refractivity contribution in [1.82, 2.24) is 0 Å². The van der Waals surface area contributed by atoms with Gasteiger partial charge in [0.25, 0.3) is 0 Å². The summed E-state index contributed by atoms with van der Waals surface area (Å²) >= 11 is 0. The fourth-order valence-corrected chi connectivity index (χ4v) is 2.77. The molecule has 102 valence electrons. The van der Waals surface area contributed by atoms with Crippen LogP contribution in [0.15, 0.2) is 47.6 Å². The van der Waals surface area contributed by atoms with Crippen molar-refractivity contribution < 1.29 is 0 Å². The van der Waals surface area contributed by atoms with Crippen molar-refractivity contribution in [3.05, 3.63) is 58.7 Å². The molecular formula is C19H26. The van der Waals surface area contributed by atoms with Gasteiger partial charge in [0.15, 0.2) is 0 Å². The Kier molecular flexibility index (Phi) is 5.01. The molecule has 1 aromatic carbocycles. The number of hydrogen-bond donors (Lipinski definition) is 0. The Balaban J connectivity index is 1.98. The van der Waals surface area contributed by atoms with Gasteiger partial charge in [0.1, 0.15) is 0 Å². The molecular weight excluding hydrogens is 228 g/mol. The van der Waals surface area contributed by atoms with Gasteiger partial charge in [-0.15, -0.1) is 0 Å². The van der Waals surface area contributed by atoms with Gasteiger partial charge in [0, 0.05) is 0 Å². The van der Waals surface area contributed by atoms with Gasteiger partial charge in [-0.1, -0.05) is 67.8 Å². The second-order valence-electron chi connectivity index (χ2n) is 5.93. The molecule has 1 aliphatic carbocycles. The average molecular weight is 254 g/mol. The minimum absolute atomic E-state index is 0.633. The first-order valence-corrected chi connectivity index (χ1v) is 7.63. The highest BCUT2D eigenvalue weighted by Crippen LogP contribution is 2.28. The van der Waals surface area contributed by atoms with Crippen LogP contribution in [-0.2, 0) is 6.42 Å². The van der Waals surface area contributed by atoms with Crippen LogP contribution >= 0.6 is 0 Å². The molecule has 1 aromatic rings. The molecule has 1 unspecified atom stereocenters. The van der Waals surface area contributed by atoms with Crippen molar-refractivity contribution in [2.24, 2.45) is 0 Å². The predicted molar refractivity (Wildman–Crippen MR) is 84.5 cm³/mol. The highest BCUT2D eigenvalue weighted by Gasteiger charge is 2.10. The normalized spacial score (nSPS) is 16.8. The maximum Gasteiger partial charge on any atom is -0.0153 e. The van der Waals surface area contributed by atoms with E-state index in [0.717, 1.165) is 0 Å². The van der Waals surface area contributed by atoms with E-state index < -0.39 is 0 Å². The smallest absolute Gasteiger partial charge is 0.0153 e. The molecule has 0 saturated heterocycles. The van der Waals surface area contributed by atoms with Crippen LogP contribution in [0, 0.1) is 0 Å². The summed E-state index contributed by atoms with van der Waals surface area (Å²) in [4.78, 5) is 0. The highest BCUT2D eigenvalue weighted by molar-refractivity contribution is 5.28. The molecule has 0 saturated carbocycles. The first kappa shape index (κ1) is 14.1. The van der Waals surface area contributed by atoms with E-state index in [4.69, 9.17) is 0 Å². The predicted octanol–water partition coefficient (Wildman–Crippen LogP) is 5.80. The summed E-state index contributed by atoms with van der Waals surface area (Å²) in [5, 5.41) is 0. The molecule has 0 heteroatoms. The van der Waals surface area contributed by atoms with E-state index in [1.807, 2.05) is 0 Å². The molecule has 0 N–H and O–H groups in total. The molecule has 0 radical (unpaired) electrons. The van der Waals surface area contributed by atoms with Gasteiger partial charge in [-0.2, -0.15) is 0 Å². The first-order chi connectivity index (χ1) is 9.19. The van der Waals surface area contributed by atoms with Crippen molar-refractivity contribution in [2.75, 3.05) is 0 Å². The van der Waals surface area contributed by atoms with Gasteiger partial charge in [-0.3, -0.25) is 0 Å². The first-order valence-electron chi connectivity index (χ1n) is 7.63. The van der Waals surface area contributed by atoms with Crippen molar-refractivity contribution in [2.45, 2.75) is 58.8 Å². The van der Waals surface area contributed by atoms with Gasteiger partial charge < -0.3 is 0 Å². The fourth-order valence-electron chi connectivity index (χ4n) is 2.77. The molecule has 1 aliphatic rings. The molecule has 0 aromatic heterocycles. The summed E-state index contributed by atoms with van der Waals surface area (Å²) in [6, 6.07) is 9.24. The van der Waals surface area contributed by atoms with E-state index in [1.54, 1.807) is 5.57 Å². The third-order valence-electron chi connectivity index (χ3n) is 4.10. The van der Waals surface area contributed by atoms with Gasteiger partial charge in [0.2, 0.25) is 0 Å². The quantitative estimate of drug-likeness (QED) is 0.623. The van der Waals surface area contributed by atoms with Crippen molar-refractivity contribution in [3.63, 3.8) is 0 Å². The molecule has 19 heavy (non-hydrogen) atoms. The third-order valence-corrected chi connectivity index (χ3v) is 4.10. The standard InChI is InChI=1S/C19H26/c1-4-5-17-10-12-19(13-11-17)16(3)14-18-8-6-15(2)7-9-18/h6,8,10-13,16H,4-5,7,9,14H2,1-3H3. The van der Waals surface area contributed by atoms with Crippen LogP contribution in [0.2, 0.25) is 0 Å². The van der Waals surface area contributed by atoms with E-state index in [2.05, 4.69) is 57.2 Å².